The summed E-state index contributed by atoms with van der Waals surface area (Å²) in [7, 11) is 4.23. The summed E-state index contributed by atoms with van der Waals surface area (Å²) in [5, 5.41) is 6.06. The molecule has 0 bridgehead atoms. The van der Waals surface area contributed by atoms with E-state index < -0.39 is 23.6 Å². The number of hydrogen-bond donors (Lipinski definition) is 2. The van der Waals surface area contributed by atoms with Crippen LogP contribution in [0.4, 0.5) is 13.2 Å². The SMILES string of the molecule is COc1cc(C(=O)NCC(=O)N/N=C/c2ccc(C(F)(F)F)cc2)cc(OC)c1OC. The van der Waals surface area contributed by atoms with E-state index in [9.17, 15) is 22.8 Å². The van der Waals surface area contributed by atoms with Gasteiger partial charge >= 0.3 is 6.18 Å². The van der Waals surface area contributed by atoms with Gasteiger partial charge in [-0.3, -0.25) is 9.59 Å². The van der Waals surface area contributed by atoms with Crippen molar-refractivity contribution in [2.24, 2.45) is 5.10 Å². The van der Waals surface area contributed by atoms with Crippen molar-refractivity contribution < 1.29 is 37.0 Å². The second-order valence-electron chi connectivity index (χ2n) is 6.01. The van der Waals surface area contributed by atoms with Gasteiger partial charge in [-0.25, -0.2) is 5.43 Å². The van der Waals surface area contributed by atoms with Crippen LogP contribution >= 0.6 is 0 Å². The Morgan fingerprint density at radius 3 is 2.06 bits per heavy atom. The Kier molecular flexibility index (Phi) is 7.83. The molecule has 8 nitrogen and oxygen atoms in total. The van der Waals surface area contributed by atoms with Crippen LogP contribution in [0.3, 0.4) is 0 Å². The quantitative estimate of drug-likeness (QED) is 0.487. The molecular weight excluding hydrogens is 419 g/mol. The number of hydrogen-bond acceptors (Lipinski definition) is 6. The first-order chi connectivity index (χ1) is 14.7. The fraction of sp³-hybridized carbons (Fsp3) is 0.250. The van der Waals surface area contributed by atoms with E-state index in [1.165, 1.54) is 51.8 Å². The highest BCUT2D eigenvalue weighted by atomic mass is 19.4. The van der Waals surface area contributed by atoms with Crippen molar-refractivity contribution >= 4 is 18.0 Å². The first-order valence-corrected chi connectivity index (χ1v) is 8.77. The van der Waals surface area contributed by atoms with Crippen LogP contribution in [-0.2, 0) is 11.0 Å². The first-order valence-electron chi connectivity index (χ1n) is 8.77. The van der Waals surface area contributed by atoms with E-state index in [-0.39, 0.29) is 23.6 Å². The average Bonchev–Trinajstić information content (AvgIpc) is 2.76. The van der Waals surface area contributed by atoms with E-state index in [2.05, 4.69) is 15.8 Å². The fourth-order valence-electron chi connectivity index (χ4n) is 2.45. The normalized spacial score (nSPS) is 11.2. The van der Waals surface area contributed by atoms with E-state index >= 15 is 0 Å². The monoisotopic (exact) mass is 439 g/mol. The number of carbonyl (C=O) groups is 2. The average molecular weight is 439 g/mol. The number of carbonyl (C=O) groups excluding carboxylic acids is 2. The molecule has 2 aromatic carbocycles. The zero-order chi connectivity index (χ0) is 23.0. The summed E-state index contributed by atoms with van der Waals surface area (Å²) in [4.78, 5) is 24.2. The maximum atomic E-state index is 12.5. The van der Waals surface area contributed by atoms with Gasteiger partial charge in [0.15, 0.2) is 11.5 Å². The van der Waals surface area contributed by atoms with Crippen LogP contribution in [0, 0.1) is 0 Å². The number of benzene rings is 2. The van der Waals surface area contributed by atoms with Crippen molar-refractivity contribution in [2.75, 3.05) is 27.9 Å². The van der Waals surface area contributed by atoms with Crippen molar-refractivity contribution in [3.63, 3.8) is 0 Å². The molecule has 0 fully saturated rings. The number of halogens is 3. The molecule has 0 aromatic heterocycles. The van der Waals surface area contributed by atoms with Gasteiger partial charge in [-0.1, -0.05) is 12.1 Å². The Hall–Kier alpha value is -3.76. The topological polar surface area (TPSA) is 98.2 Å². The smallest absolute Gasteiger partial charge is 0.416 e. The van der Waals surface area contributed by atoms with Crippen LogP contribution in [0.25, 0.3) is 0 Å². The van der Waals surface area contributed by atoms with Gasteiger partial charge in [0.25, 0.3) is 11.8 Å². The van der Waals surface area contributed by atoms with Gasteiger partial charge < -0.3 is 19.5 Å². The molecule has 0 saturated carbocycles. The van der Waals surface area contributed by atoms with E-state index in [4.69, 9.17) is 14.2 Å². The third-order valence-electron chi connectivity index (χ3n) is 3.98. The molecule has 2 amide bonds. The van der Waals surface area contributed by atoms with E-state index in [1.54, 1.807) is 0 Å². The highest BCUT2D eigenvalue weighted by molar-refractivity contribution is 5.97. The number of amides is 2. The van der Waals surface area contributed by atoms with Gasteiger partial charge in [0, 0.05) is 5.56 Å². The zero-order valence-electron chi connectivity index (χ0n) is 16.9. The number of nitrogens with zero attached hydrogens (tertiary/aromatic N) is 1. The van der Waals surface area contributed by atoms with Crippen molar-refractivity contribution in [2.45, 2.75) is 6.18 Å². The van der Waals surface area contributed by atoms with Gasteiger partial charge in [-0.05, 0) is 29.8 Å². The lowest BCUT2D eigenvalue weighted by Crippen LogP contribution is -2.34. The molecule has 0 atom stereocenters. The molecule has 0 unspecified atom stereocenters. The lowest BCUT2D eigenvalue weighted by Gasteiger charge is -2.14. The van der Waals surface area contributed by atoms with Crippen molar-refractivity contribution in [3.05, 3.63) is 53.1 Å². The number of hydrazone groups is 1. The largest absolute Gasteiger partial charge is 0.493 e. The summed E-state index contributed by atoms with van der Waals surface area (Å²) in [5.74, 6) is -0.336. The Balaban J connectivity index is 1.92. The van der Waals surface area contributed by atoms with Crippen LogP contribution in [0.15, 0.2) is 41.5 Å². The molecule has 0 aliphatic rings. The predicted molar refractivity (Wildman–Crippen MR) is 106 cm³/mol. The number of alkyl halides is 3. The molecule has 0 radical (unpaired) electrons. The third-order valence-corrected chi connectivity index (χ3v) is 3.98. The third kappa shape index (κ3) is 6.36. The fourth-order valence-corrected chi connectivity index (χ4v) is 2.45. The summed E-state index contributed by atoms with van der Waals surface area (Å²) in [5.41, 5.74) is 1.91. The standard InChI is InChI=1S/C20H20F3N3O5/c1-29-15-8-13(9-16(30-2)18(15)31-3)19(28)24-11-17(27)26-25-10-12-4-6-14(7-5-12)20(21,22)23/h4-10H,11H2,1-3H3,(H,24,28)(H,26,27)/b25-10+. The number of methoxy groups -OCH3 is 3. The Labute approximate surface area is 176 Å². The number of rotatable bonds is 8. The Bertz CT molecular complexity index is 935. The zero-order valence-corrected chi connectivity index (χ0v) is 16.9. The molecule has 31 heavy (non-hydrogen) atoms. The van der Waals surface area contributed by atoms with Crippen LogP contribution in [0.1, 0.15) is 21.5 Å². The predicted octanol–water partition coefficient (Wildman–Crippen LogP) is 2.61. The molecule has 11 heteroatoms. The number of ether oxygens (including phenoxy) is 3. The highest BCUT2D eigenvalue weighted by Crippen LogP contribution is 2.38. The summed E-state index contributed by atoms with van der Waals surface area (Å²) < 4.78 is 53.1. The first kappa shape index (κ1) is 23.5. The summed E-state index contributed by atoms with van der Waals surface area (Å²) in [6, 6.07) is 7.09. The van der Waals surface area contributed by atoms with Crippen LogP contribution in [0.5, 0.6) is 17.2 Å². The molecule has 0 spiro atoms. The summed E-state index contributed by atoms with van der Waals surface area (Å²) in [6.07, 6.45) is -3.25. The molecule has 0 heterocycles. The minimum atomic E-state index is -4.43. The summed E-state index contributed by atoms with van der Waals surface area (Å²) in [6.45, 7) is -0.389. The summed E-state index contributed by atoms with van der Waals surface area (Å²) >= 11 is 0. The molecule has 2 N–H and O–H groups in total. The highest BCUT2D eigenvalue weighted by Gasteiger charge is 2.29. The van der Waals surface area contributed by atoms with Gasteiger partial charge in [-0.2, -0.15) is 18.3 Å². The molecule has 0 aliphatic carbocycles. The van der Waals surface area contributed by atoms with Gasteiger partial charge in [0.05, 0.1) is 39.7 Å². The van der Waals surface area contributed by atoms with Crippen molar-refractivity contribution in [1.82, 2.24) is 10.7 Å². The van der Waals surface area contributed by atoms with E-state index in [1.807, 2.05) is 0 Å². The second kappa shape index (κ2) is 10.3. The minimum absolute atomic E-state index is 0.176. The lowest BCUT2D eigenvalue weighted by atomic mass is 10.1. The Morgan fingerprint density at radius 2 is 1.58 bits per heavy atom. The maximum absolute atomic E-state index is 12.5. The van der Waals surface area contributed by atoms with Gasteiger partial charge in [0.1, 0.15) is 0 Å². The molecular formula is C20H20F3N3O5. The minimum Gasteiger partial charge on any atom is -0.493 e. The van der Waals surface area contributed by atoms with Crippen molar-refractivity contribution in [1.29, 1.82) is 0 Å². The number of nitrogens with one attached hydrogen (secondary N) is 2. The van der Waals surface area contributed by atoms with Crippen LogP contribution < -0.4 is 25.0 Å². The van der Waals surface area contributed by atoms with Crippen LogP contribution in [0.2, 0.25) is 0 Å². The Morgan fingerprint density at radius 1 is 1.00 bits per heavy atom. The lowest BCUT2D eigenvalue weighted by molar-refractivity contribution is -0.137. The molecule has 0 aliphatic heterocycles. The van der Waals surface area contributed by atoms with Gasteiger partial charge in [0.2, 0.25) is 5.75 Å². The molecule has 0 saturated heterocycles. The maximum Gasteiger partial charge on any atom is 0.416 e. The van der Waals surface area contributed by atoms with Crippen molar-refractivity contribution in [3.8, 4) is 17.2 Å². The molecule has 2 rings (SSSR count). The second-order valence-corrected chi connectivity index (χ2v) is 6.01. The van der Waals surface area contributed by atoms with E-state index in [0.29, 0.717) is 11.3 Å². The molecule has 2 aromatic rings. The van der Waals surface area contributed by atoms with Gasteiger partial charge in [-0.15, -0.1) is 0 Å². The van der Waals surface area contributed by atoms with Crippen LogP contribution in [-0.4, -0.2) is 45.9 Å². The molecule has 166 valence electrons. The van der Waals surface area contributed by atoms with E-state index in [0.717, 1.165) is 12.1 Å².